The standard InChI is InChI=1S/C18H22N2O2/c1-3-18(21)20-13-16(11-14-5-4-10-19-12-14)15-6-8-17(22-2)9-7-15/h4-10,12,16H,3,11,13H2,1-2H3,(H,20,21). The first-order chi connectivity index (χ1) is 10.7. The highest BCUT2D eigenvalue weighted by atomic mass is 16.5. The third-order valence-electron chi connectivity index (χ3n) is 3.66. The predicted octanol–water partition coefficient (Wildman–Crippen LogP) is 2.94. The molecule has 0 bridgehead atoms. The highest BCUT2D eigenvalue weighted by molar-refractivity contribution is 5.75. The minimum atomic E-state index is 0.0738. The summed E-state index contributed by atoms with van der Waals surface area (Å²) in [6.45, 7) is 2.48. The fourth-order valence-electron chi connectivity index (χ4n) is 2.35. The molecular formula is C18H22N2O2. The second kappa shape index (κ2) is 8.17. The van der Waals surface area contributed by atoms with Crippen LogP contribution in [0.5, 0.6) is 5.75 Å². The van der Waals surface area contributed by atoms with Crippen LogP contribution in [0.15, 0.2) is 48.8 Å². The van der Waals surface area contributed by atoms with E-state index < -0.39 is 0 Å². The molecule has 1 atom stereocenters. The Balaban J connectivity index is 2.14. The summed E-state index contributed by atoms with van der Waals surface area (Å²) in [7, 11) is 1.66. The van der Waals surface area contributed by atoms with Gasteiger partial charge in [0.2, 0.25) is 5.91 Å². The molecule has 1 aromatic heterocycles. The molecule has 1 aromatic carbocycles. The van der Waals surface area contributed by atoms with Gasteiger partial charge in [0.15, 0.2) is 0 Å². The first-order valence-corrected chi connectivity index (χ1v) is 7.52. The average Bonchev–Trinajstić information content (AvgIpc) is 2.59. The van der Waals surface area contributed by atoms with Gasteiger partial charge in [-0.1, -0.05) is 25.1 Å². The van der Waals surface area contributed by atoms with Crippen molar-refractivity contribution in [2.24, 2.45) is 0 Å². The zero-order chi connectivity index (χ0) is 15.8. The van der Waals surface area contributed by atoms with E-state index >= 15 is 0 Å². The van der Waals surface area contributed by atoms with Gasteiger partial charge in [0, 0.05) is 31.3 Å². The number of carbonyl (C=O) groups is 1. The van der Waals surface area contributed by atoms with Gasteiger partial charge in [0.25, 0.3) is 0 Å². The topological polar surface area (TPSA) is 51.2 Å². The van der Waals surface area contributed by atoms with Crippen LogP contribution < -0.4 is 10.1 Å². The SMILES string of the molecule is CCC(=O)NCC(Cc1cccnc1)c1ccc(OC)cc1. The van der Waals surface area contributed by atoms with Crippen molar-refractivity contribution in [3.05, 3.63) is 59.9 Å². The average molecular weight is 298 g/mol. The Morgan fingerprint density at radius 2 is 2.05 bits per heavy atom. The van der Waals surface area contributed by atoms with Gasteiger partial charge in [-0.25, -0.2) is 0 Å². The van der Waals surface area contributed by atoms with Crippen LogP contribution in [0.3, 0.4) is 0 Å². The van der Waals surface area contributed by atoms with Crippen molar-refractivity contribution >= 4 is 5.91 Å². The normalized spacial score (nSPS) is 11.7. The number of methoxy groups -OCH3 is 1. The van der Waals surface area contributed by atoms with Crippen molar-refractivity contribution in [3.63, 3.8) is 0 Å². The molecule has 0 aliphatic carbocycles. The zero-order valence-electron chi connectivity index (χ0n) is 13.1. The number of rotatable bonds is 7. The number of benzene rings is 1. The molecule has 1 amide bonds. The number of amides is 1. The van der Waals surface area contributed by atoms with Crippen LogP contribution in [0.4, 0.5) is 0 Å². The summed E-state index contributed by atoms with van der Waals surface area (Å²) in [4.78, 5) is 15.7. The molecule has 0 spiro atoms. The molecule has 1 heterocycles. The molecule has 116 valence electrons. The zero-order valence-corrected chi connectivity index (χ0v) is 13.1. The monoisotopic (exact) mass is 298 g/mol. The van der Waals surface area contributed by atoms with E-state index in [9.17, 15) is 4.79 Å². The lowest BCUT2D eigenvalue weighted by Gasteiger charge is -2.18. The highest BCUT2D eigenvalue weighted by Gasteiger charge is 2.14. The predicted molar refractivity (Wildman–Crippen MR) is 87.0 cm³/mol. The molecule has 0 aliphatic rings. The van der Waals surface area contributed by atoms with Crippen molar-refractivity contribution in [3.8, 4) is 5.75 Å². The van der Waals surface area contributed by atoms with Gasteiger partial charge < -0.3 is 10.1 Å². The van der Waals surface area contributed by atoms with E-state index in [2.05, 4.69) is 28.5 Å². The van der Waals surface area contributed by atoms with Gasteiger partial charge in [-0.05, 0) is 35.7 Å². The maximum Gasteiger partial charge on any atom is 0.219 e. The second-order valence-corrected chi connectivity index (χ2v) is 5.19. The molecule has 0 fully saturated rings. The summed E-state index contributed by atoms with van der Waals surface area (Å²) < 4.78 is 5.20. The molecule has 0 radical (unpaired) electrons. The smallest absolute Gasteiger partial charge is 0.219 e. The van der Waals surface area contributed by atoms with Crippen LogP contribution in [0.25, 0.3) is 0 Å². The molecule has 0 saturated carbocycles. The molecular weight excluding hydrogens is 276 g/mol. The summed E-state index contributed by atoms with van der Waals surface area (Å²) in [6.07, 6.45) is 4.98. The number of hydrogen-bond acceptors (Lipinski definition) is 3. The highest BCUT2D eigenvalue weighted by Crippen LogP contribution is 2.22. The van der Waals surface area contributed by atoms with Gasteiger partial charge in [-0.15, -0.1) is 0 Å². The Hall–Kier alpha value is -2.36. The van der Waals surface area contributed by atoms with E-state index in [4.69, 9.17) is 4.74 Å². The molecule has 0 saturated heterocycles. The number of carbonyl (C=O) groups excluding carboxylic acids is 1. The molecule has 4 heteroatoms. The van der Waals surface area contributed by atoms with Gasteiger partial charge in [-0.3, -0.25) is 9.78 Å². The Labute approximate surface area is 131 Å². The molecule has 22 heavy (non-hydrogen) atoms. The third kappa shape index (κ3) is 4.58. The first-order valence-electron chi connectivity index (χ1n) is 7.52. The van der Waals surface area contributed by atoms with Gasteiger partial charge >= 0.3 is 0 Å². The van der Waals surface area contributed by atoms with Gasteiger partial charge in [-0.2, -0.15) is 0 Å². The first kappa shape index (κ1) is 16.0. The fourth-order valence-corrected chi connectivity index (χ4v) is 2.35. The fraction of sp³-hybridized carbons (Fsp3) is 0.333. The van der Waals surface area contributed by atoms with E-state index in [1.54, 1.807) is 13.3 Å². The summed E-state index contributed by atoms with van der Waals surface area (Å²) in [5.74, 6) is 1.12. The van der Waals surface area contributed by atoms with Crippen LogP contribution >= 0.6 is 0 Å². The minimum absolute atomic E-state index is 0.0738. The Bertz CT molecular complexity index is 582. The van der Waals surface area contributed by atoms with Crippen molar-refractivity contribution in [1.29, 1.82) is 0 Å². The Kier molecular flexibility index (Phi) is 5.95. The maximum atomic E-state index is 11.6. The lowest BCUT2D eigenvalue weighted by Crippen LogP contribution is -2.28. The van der Waals surface area contributed by atoms with E-state index in [0.29, 0.717) is 13.0 Å². The van der Waals surface area contributed by atoms with Crippen LogP contribution in [0.1, 0.15) is 30.4 Å². The maximum absolute atomic E-state index is 11.6. The van der Waals surface area contributed by atoms with Crippen molar-refractivity contribution in [1.82, 2.24) is 10.3 Å². The summed E-state index contributed by atoms with van der Waals surface area (Å²) in [5.41, 5.74) is 2.34. The molecule has 1 N–H and O–H groups in total. The quantitative estimate of drug-likeness (QED) is 0.855. The molecule has 0 aliphatic heterocycles. The van der Waals surface area contributed by atoms with Crippen LogP contribution in [-0.2, 0) is 11.2 Å². The number of pyridine rings is 1. The summed E-state index contributed by atoms with van der Waals surface area (Å²) >= 11 is 0. The van der Waals surface area contributed by atoms with Crippen molar-refractivity contribution < 1.29 is 9.53 Å². The Morgan fingerprint density at radius 3 is 2.64 bits per heavy atom. The van der Waals surface area contributed by atoms with Crippen molar-refractivity contribution in [2.75, 3.05) is 13.7 Å². The number of nitrogens with zero attached hydrogens (tertiary/aromatic N) is 1. The van der Waals surface area contributed by atoms with Crippen LogP contribution in [0, 0.1) is 0 Å². The summed E-state index contributed by atoms with van der Waals surface area (Å²) in [5, 5.41) is 2.99. The largest absolute Gasteiger partial charge is 0.497 e. The number of aromatic nitrogens is 1. The van der Waals surface area contributed by atoms with E-state index in [0.717, 1.165) is 17.7 Å². The molecule has 4 nitrogen and oxygen atoms in total. The lowest BCUT2D eigenvalue weighted by atomic mass is 9.92. The number of nitrogens with one attached hydrogen (secondary N) is 1. The third-order valence-corrected chi connectivity index (χ3v) is 3.66. The van der Waals surface area contributed by atoms with E-state index in [1.807, 2.05) is 31.3 Å². The van der Waals surface area contributed by atoms with Gasteiger partial charge in [0.1, 0.15) is 5.75 Å². The molecule has 2 rings (SSSR count). The van der Waals surface area contributed by atoms with Gasteiger partial charge in [0.05, 0.1) is 7.11 Å². The number of ether oxygens (including phenoxy) is 1. The van der Waals surface area contributed by atoms with E-state index in [-0.39, 0.29) is 11.8 Å². The van der Waals surface area contributed by atoms with Crippen LogP contribution in [0.2, 0.25) is 0 Å². The molecule has 2 aromatic rings. The van der Waals surface area contributed by atoms with E-state index in [1.165, 1.54) is 5.56 Å². The van der Waals surface area contributed by atoms with Crippen LogP contribution in [-0.4, -0.2) is 24.5 Å². The molecule has 1 unspecified atom stereocenters. The Morgan fingerprint density at radius 1 is 1.27 bits per heavy atom. The minimum Gasteiger partial charge on any atom is -0.497 e. The lowest BCUT2D eigenvalue weighted by molar-refractivity contribution is -0.120. The van der Waals surface area contributed by atoms with Crippen molar-refractivity contribution in [2.45, 2.75) is 25.7 Å². The summed E-state index contributed by atoms with van der Waals surface area (Å²) in [6, 6.07) is 12.0. The number of hydrogen-bond donors (Lipinski definition) is 1. The second-order valence-electron chi connectivity index (χ2n) is 5.19.